The van der Waals surface area contributed by atoms with Crippen molar-refractivity contribution in [1.82, 2.24) is 9.80 Å². The van der Waals surface area contributed by atoms with E-state index in [1.165, 1.54) is 18.9 Å². The third-order valence-corrected chi connectivity index (χ3v) is 5.00. The Kier molecular flexibility index (Phi) is 6.67. The van der Waals surface area contributed by atoms with Crippen LogP contribution in [0, 0.1) is 6.92 Å². The zero-order valence-corrected chi connectivity index (χ0v) is 16.1. The number of halogens is 1. The van der Waals surface area contributed by atoms with Gasteiger partial charge in [0.1, 0.15) is 12.3 Å². The predicted molar refractivity (Wildman–Crippen MR) is 99.5 cm³/mol. The Bertz CT molecular complexity index is 643. The highest BCUT2D eigenvalue weighted by Crippen LogP contribution is 2.34. The number of hydrogen-bond acceptors (Lipinski definition) is 4. The Morgan fingerprint density at radius 1 is 1.24 bits per heavy atom. The molecule has 0 atom stereocenters. The highest BCUT2D eigenvalue weighted by molar-refractivity contribution is 6.31. The SMILES string of the molecule is CCN1CCN(C(=O)CN(C(C)=O)c2cc(C)c(Cl)cc2OC)CC1. The van der Waals surface area contributed by atoms with E-state index in [0.29, 0.717) is 29.5 Å². The first kappa shape index (κ1) is 19.5. The van der Waals surface area contributed by atoms with Gasteiger partial charge in [-0.25, -0.2) is 0 Å². The van der Waals surface area contributed by atoms with Crippen LogP contribution in [0.1, 0.15) is 19.4 Å². The molecule has 0 aliphatic carbocycles. The molecule has 1 heterocycles. The molecule has 1 aromatic carbocycles. The Morgan fingerprint density at radius 3 is 2.40 bits per heavy atom. The molecule has 0 aromatic heterocycles. The number of benzene rings is 1. The molecular formula is C18H26ClN3O3. The molecule has 1 aliphatic heterocycles. The zero-order valence-electron chi connectivity index (χ0n) is 15.3. The van der Waals surface area contributed by atoms with Gasteiger partial charge in [0.15, 0.2) is 0 Å². The maximum atomic E-state index is 12.7. The summed E-state index contributed by atoms with van der Waals surface area (Å²) in [7, 11) is 1.52. The molecule has 0 N–H and O–H groups in total. The molecule has 0 saturated carbocycles. The number of hydrogen-bond donors (Lipinski definition) is 0. The third-order valence-electron chi connectivity index (χ3n) is 4.60. The first-order chi connectivity index (χ1) is 11.9. The number of amides is 2. The standard InChI is InChI=1S/C18H26ClN3O3/c1-5-20-6-8-21(9-7-20)18(24)12-22(14(3)23)16-10-13(2)15(19)11-17(16)25-4/h10-11H,5-9,12H2,1-4H3. The second-order valence-corrected chi connectivity index (χ2v) is 6.60. The number of likely N-dealkylation sites (N-methyl/N-ethyl adjacent to an activating group) is 1. The maximum absolute atomic E-state index is 12.7. The van der Waals surface area contributed by atoms with Gasteiger partial charge in [-0.2, -0.15) is 0 Å². The van der Waals surface area contributed by atoms with E-state index in [0.717, 1.165) is 25.2 Å². The van der Waals surface area contributed by atoms with Gasteiger partial charge >= 0.3 is 0 Å². The van der Waals surface area contributed by atoms with Gasteiger partial charge in [-0.1, -0.05) is 18.5 Å². The molecule has 1 fully saturated rings. The molecule has 25 heavy (non-hydrogen) atoms. The lowest BCUT2D eigenvalue weighted by atomic mass is 10.1. The van der Waals surface area contributed by atoms with Gasteiger partial charge in [0.25, 0.3) is 0 Å². The van der Waals surface area contributed by atoms with Crippen LogP contribution in [0.5, 0.6) is 5.75 Å². The van der Waals surface area contributed by atoms with Crippen molar-refractivity contribution in [3.05, 3.63) is 22.7 Å². The fourth-order valence-corrected chi connectivity index (χ4v) is 3.09. The van der Waals surface area contributed by atoms with Crippen LogP contribution in [0.15, 0.2) is 12.1 Å². The van der Waals surface area contributed by atoms with E-state index >= 15 is 0 Å². The molecule has 138 valence electrons. The van der Waals surface area contributed by atoms with Crippen molar-refractivity contribution in [1.29, 1.82) is 0 Å². The molecule has 1 saturated heterocycles. The average Bonchev–Trinajstić information content (AvgIpc) is 2.61. The van der Waals surface area contributed by atoms with E-state index in [2.05, 4.69) is 11.8 Å². The molecule has 0 spiro atoms. The van der Waals surface area contributed by atoms with E-state index < -0.39 is 0 Å². The normalized spacial score (nSPS) is 15.2. The summed E-state index contributed by atoms with van der Waals surface area (Å²) in [4.78, 5) is 30.4. The lowest BCUT2D eigenvalue weighted by Gasteiger charge is -2.35. The summed E-state index contributed by atoms with van der Waals surface area (Å²) < 4.78 is 5.36. The number of carbonyl (C=O) groups is 2. The van der Waals surface area contributed by atoms with Gasteiger partial charge in [-0.05, 0) is 25.1 Å². The third kappa shape index (κ3) is 4.64. The number of nitrogens with zero attached hydrogens (tertiary/aromatic N) is 3. The van der Waals surface area contributed by atoms with Gasteiger partial charge in [0, 0.05) is 44.2 Å². The number of aryl methyl sites for hydroxylation is 1. The minimum absolute atomic E-state index is 0.00110. The van der Waals surface area contributed by atoms with Crippen LogP contribution in [0.25, 0.3) is 0 Å². The van der Waals surface area contributed by atoms with Crippen molar-refractivity contribution >= 4 is 29.1 Å². The quantitative estimate of drug-likeness (QED) is 0.800. The highest BCUT2D eigenvalue weighted by Gasteiger charge is 2.25. The van der Waals surface area contributed by atoms with Crippen LogP contribution in [0.3, 0.4) is 0 Å². The summed E-state index contributed by atoms with van der Waals surface area (Å²) >= 11 is 6.14. The van der Waals surface area contributed by atoms with Crippen molar-refractivity contribution in [2.24, 2.45) is 0 Å². The molecule has 2 rings (SSSR count). The summed E-state index contributed by atoms with van der Waals surface area (Å²) in [6.45, 7) is 9.52. The number of piperazine rings is 1. The second-order valence-electron chi connectivity index (χ2n) is 6.19. The fourth-order valence-electron chi connectivity index (χ4n) is 2.94. The minimum Gasteiger partial charge on any atom is -0.495 e. The largest absolute Gasteiger partial charge is 0.495 e. The topological polar surface area (TPSA) is 53.1 Å². The van der Waals surface area contributed by atoms with Crippen LogP contribution in [0.4, 0.5) is 5.69 Å². The van der Waals surface area contributed by atoms with Crippen LogP contribution in [-0.4, -0.2) is 68.0 Å². The molecule has 2 amide bonds. The fraction of sp³-hybridized carbons (Fsp3) is 0.556. The van der Waals surface area contributed by atoms with Gasteiger partial charge in [0.05, 0.1) is 12.8 Å². The summed E-state index contributed by atoms with van der Waals surface area (Å²) in [6, 6.07) is 3.46. The molecule has 0 radical (unpaired) electrons. The van der Waals surface area contributed by atoms with Gasteiger partial charge < -0.3 is 14.5 Å². The van der Waals surface area contributed by atoms with E-state index in [1.54, 1.807) is 12.1 Å². The number of anilines is 1. The lowest BCUT2D eigenvalue weighted by molar-refractivity contribution is -0.132. The molecule has 7 heteroatoms. The van der Waals surface area contributed by atoms with Crippen molar-refractivity contribution in [3.63, 3.8) is 0 Å². The van der Waals surface area contributed by atoms with E-state index in [4.69, 9.17) is 16.3 Å². The Balaban J connectivity index is 2.18. The Hall–Kier alpha value is -1.79. The maximum Gasteiger partial charge on any atom is 0.242 e. The Morgan fingerprint density at radius 2 is 1.88 bits per heavy atom. The number of ether oxygens (including phenoxy) is 1. The van der Waals surface area contributed by atoms with Crippen LogP contribution < -0.4 is 9.64 Å². The first-order valence-corrected chi connectivity index (χ1v) is 8.87. The predicted octanol–water partition coefficient (Wildman–Crippen LogP) is 2.17. The number of rotatable bonds is 5. The molecule has 0 bridgehead atoms. The average molecular weight is 368 g/mol. The van der Waals surface area contributed by atoms with Crippen molar-refractivity contribution < 1.29 is 14.3 Å². The van der Waals surface area contributed by atoms with E-state index in [9.17, 15) is 9.59 Å². The van der Waals surface area contributed by atoms with Crippen LogP contribution >= 0.6 is 11.6 Å². The molecule has 0 unspecified atom stereocenters. The summed E-state index contributed by atoms with van der Waals surface area (Å²) in [5.41, 5.74) is 1.39. The Labute approximate surface area is 154 Å². The van der Waals surface area contributed by atoms with Crippen LogP contribution in [-0.2, 0) is 9.59 Å². The van der Waals surface area contributed by atoms with Gasteiger partial charge in [-0.3, -0.25) is 14.5 Å². The second kappa shape index (κ2) is 8.54. The zero-order chi connectivity index (χ0) is 18.6. The minimum atomic E-state index is -0.208. The summed E-state index contributed by atoms with van der Waals surface area (Å²) in [5, 5.41) is 0.561. The molecule has 1 aromatic rings. The molecule has 1 aliphatic rings. The summed E-state index contributed by atoms with van der Waals surface area (Å²) in [6.07, 6.45) is 0. The highest BCUT2D eigenvalue weighted by atomic mass is 35.5. The van der Waals surface area contributed by atoms with Gasteiger partial charge in [-0.15, -0.1) is 0 Å². The monoisotopic (exact) mass is 367 g/mol. The van der Waals surface area contributed by atoms with Crippen molar-refractivity contribution in [2.45, 2.75) is 20.8 Å². The van der Waals surface area contributed by atoms with Crippen molar-refractivity contribution in [3.8, 4) is 5.75 Å². The number of carbonyl (C=O) groups excluding carboxylic acids is 2. The molecular weight excluding hydrogens is 342 g/mol. The van der Waals surface area contributed by atoms with Gasteiger partial charge in [0.2, 0.25) is 11.8 Å². The molecule has 6 nitrogen and oxygen atoms in total. The van der Waals surface area contributed by atoms with E-state index in [1.807, 2.05) is 11.8 Å². The smallest absolute Gasteiger partial charge is 0.242 e. The van der Waals surface area contributed by atoms with Crippen molar-refractivity contribution in [2.75, 3.05) is 51.3 Å². The first-order valence-electron chi connectivity index (χ1n) is 8.49. The number of methoxy groups -OCH3 is 1. The van der Waals surface area contributed by atoms with Crippen LogP contribution in [0.2, 0.25) is 5.02 Å². The lowest BCUT2D eigenvalue weighted by Crippen LogP contribution is -2.51. The van der Waals surface area contributed by atoms with E-state index in [-0.39, 0.29) is 18.4 Å². The summed E-state index contributed by atoms with van der Waals surface area (Å²) in [5.74, 6) is 0.218.